The molecule has 0 bridgehead atoms. The van der Waals surface area contributed by atoms with Crippen LogP contribution in [0.15, 0.2) is 70.1 Å². The van der Waals surface area contributed by atoms with Crippen molar-refractivity contribution in [1.29, 1.82) is 0 Å². The first-order valence-electron chi connectivity index (χ1n) is 9.81. The zero-order valence-electron chi connectivity index (χ0n) is 17.9. The molecular weight excluding hydrogens is 476 g/mol. The predicted octanol–water partition coefficient (Wildman–Crippen LogP) is 3.34. The molecule has 1 N–H and O–H groups in total. The minimum absolute atomic E-state index is 0.0937. The predicted molar refractivity (Wildman–Crippen MR) is 125 cm³/mol. The molecule has 3 aromatic rings. The Kier molecular flexibility index (Phi) is 7.48. The molecule has 1 aromatic heterocycles. The maximum atomic E-state index is 12.8. The summed E-state index contributed by atoms with van der Waals surface area (Å²) in [6.07, 6.45) is 1.93. The van der Waals surface area contributed by atoms with Gasteiger partial charge in [0, 0.05) is 29.7 Å². The van der Waals surface area contributed by atoms with Crippen LogP contribution < -0.4 is 15.6 Å². The first kappa shape index (κ1) is 23.3. The first-order chi connectivity index (χ1) is 15.3. The van der Waals surface area contributed by atoms with Gasteiger partial charge in [0.15, 0.2) is 0 Å². The van der Waals surface area contributed by atoms with Gasteiger partial charge in [0.2, 0.25) is 0 Å². The fourth-order valence-corrected chi connectivity index (χ4v) is 3.68. The number of carbonyl (C=O) groups excluding carboxylic acids is 2. The van der Waals surface area contributed by atoms with E-state index >= 15 is 0 Å². The average Bonchev–Trinajstić information content (AvgIpc) is 2.80. The van der Waals surface area contributed by atoms with Crippen molar-refractivity contribution in [3.8, 4) is 16.9 Å². The molecule has 0 saturated heterocycles. The lowest BCUT2D eigenvalue weighted by molar-refractivity contribution is -0.142. The van der Waals surface area contributed by atoms with Crippen molar-refractivity contribution in [3.63, 3.8) is 0 Å². The summed E-state index contributed by atoms with van der Waals surface area (Å²) in [6.45, 7) is 0. The Bertz CT molecular complexity index is 1190. The van der Waals surface area contributed by atoms with E-state index in [4.69, 9.17) is 9.47 Å². The topological polar surface area (TPSA) is 86.6 Å². The second-order valence-corrected chi connectivity index (χ2v) is 7.99. The van der Waals surface area contributed by atoms with Crippen LogP contribution in [-0.4, -0.2) is 36.7 Å². The van der Waals surface area contributed by atoms with Crippen LogP contribution in [0.1, 0.15) is 15.9 Å². The number of nitrogens with one attached hydrogen (secondary N) is 1. The lowest BCUT2D eigenvalue weighted by Gasteiger charge is -2.18. The summed E-state index contributed by atoms with van der Waals surface area (Å²) in [5, 5.41) is 2.74. The van der Waals surface area contributed by atoms with Crippen LogP contribution >= 0.6 is 15.9 Å². The molecule has 166 valence electrons. The van der Waals surface area contributed by atoms with Gasteiger partial charge in [-0.05, 0) is 57.4 Å². The van der Waals surface area contributed by atoms with E-state index in [1.807, 2.05) is 30.3 Å². The molecule has 1 atom stereocenters. The third kappa shape index (κ3) is 5.26. The molecule has 1 amide bonds. The highest BCUT2D eigenvalue weighted by Gasteiger charge is 2.24. The zero-order valence-corrected chi connectivity index (χ0v) is 19.5. The molecule has 1 heterocycles. The Morgan fingerprint density at radius 2 is 1.81 bits per heavy atom. The van der Waals surface area contributed by atoms with Gasteiger partial charge in [-0.15, -0.1) is 0 Å². The van der Waals surface area contributed by atoms with Gasteiger partial charge in [0.05, 0.1) is 19.8 Å². The molecule has 0 radical (unpaired) electrons. The fourth-order valence-electron chi connectivity index (χ4n) is 3.25. The lowest BCUT2D eigenvalue weighted by Crippen LogP contribution is -2.43. The van der Waals surface area contributed by atoms with Crippen molar-refractivity contribution in [3.05, 3.63) is 86.7 Å². The summed E-state index contributed by atoms with van der Waals surface area (Å²) in [4.78, 5) is 37.5. The van der Waals surface area contributed by atoms with Crippen molar-refractivity contribution in [2.45, 2.75) is 12.5 Å². The number of hydrogen-bond donors (Lipinski definition) is 1. The maximum absolute atomic E-state index is 12.8. The number of carbonyl (C=O) groups is 2. The zero-order chi connectivity index (χ0) is 23.3. The number of methoxy groups -OCH3 is 2. The van der Waals surface area contributed by atoms with Gasteiger partial charge < -0.3 is 19.4 Å². The molecule has 0 fully saturated rings. The van der Waals surface area contributed by atoms with Gasteiger partial charge in [0.25, 0.3) is 11.5 Å². The smallest absolute Gasteiger partial charge is 0.328 e. The van der Waals surface area contributed by atoms with Gasteiger partial charge in [-0.25, -0.2) is 4.79 Å². The summed E-state index contributed by atoms with van der Waals surface area (Å²) in [7, 11) is 4.48. The van der Waals surface area contributed by atoms with Gasteiger partial charge in [-0.2, -0.15) is 0 Å². The number of amides is 1. The van der Waals surface area contributed by atoms with Crippen molar-refractivity contribution in [1.82, 2.24) is 9.88 Å². The largest absolute Gasteiger partial charge is 0.497 e. The summed E-state index contributed by atoms with van der Waals surface area (Å²) in [5.41, 5.74) is 2.41. The molecule has 0 aliphatic carbocycles. The van der Waals surface area contributed by atoms with Crippen LogP contribution in [-0.2, 0) is 23.0 Å². The molecule has 7 nitrogen and oxygen atoms in total. The average molecular weight is 499 g/mol. The number of hydrogen-bond acceptors (Lipinski definition) is 5. The summed E-state index contributed by atoms with van der Waals surface area (Å²) in [5.74, 6) is -0.468. The van der Waals surface area contributed by atoms with Gasteiger partial charge >= 0.3 is 5.97 Å². The van der Waals surface area contributed by atoms with E-state index in [0.29, 0.717) is 21.3 Å². The molecule has 3 rings (SSSR count). The molecule has 32 heavy (non-hydrogen) atoms. The third-order valence-corrected chi connectivity index (χ3v) is 5.73. The quantitative estimate of drug-likeness (QED) is 0.504. The SMILES string of the molecule is COC(=O)[C@H](Cc1ccc(-c2cccn(C)c2=O)cc1)NC(=O)c1cc(OC)ccc1Br. The Labute approximate surface area is 194 Å². The van der Waals surface area contributed by atoms with Crippen LogP contribution in [0.4, 0.5) is 0 Å². The minimum Gasteiger partial charge on any atom is -0.497 e. The number of esters is 1. The summed E-state index contributed by atoms with van der Waals surface area (Å²) in [6, 6.07) is 15.0. The molecule has 0 aliphatic rings. The standard InChI is InChI=1S/C24H23BrN2O5/c1-27-12-4-5-18(23(27)29)16-8-6-15(7-9-16)13-21(24(30)32-3)26-22(28)19-14-17(31-2)10-11-20(19)25/h4-12,14,21H,13H2,1-3H3,(H,26,28)/t21-/m0/s1. The van der Waals surface area contributed by atoms with Gasteiger partial charge in [-0.1, -0.05) is 24.3 Å². The monoisotopic (exact) mass is 498 g/mol. The summed E-state index contributed by atoms with van der Waals surface area (Å²) < 4.78 is 12.2. The molecule has 0 aliphatic heterocycles. The summed E-state index contributed by atoms with van der Waals surface area (Å²) >= 11 is 3.35. The highest BCUT2D eigenvalue weighted by molar-refractivity contribution is 9.10. The van der Waals surface area contributed by atoms with Crippen molar-refractivity contribution in [2.75, 3.05) is 14.2 Å². The van der Waals surface area contributed by atoms with Gasteiger partial charge in [0.1, 0.15) is 11.8 Å². The van der Waals surface area contributed by atoms with E-state index in [2.05, 4.69) is 21.2 Å². The van der Waals surface area contributed by atoms with Crippen LogP contribution in [0.25, 0.3) is 11.1 Å². The number of rotatable bonds is 7. The number of pyridine rings is 1. The number of nitrogens with zero attached hydrogens (tertiary/aromatic N) is 1. The van der Waals surface area contributed by atoms with E-state index in [0.717, 1.165) is 11.1 Å². The highest BCUT2D eigenvalue weighted by Crippen LogP contribution is 2.23. The first-order valence-corrected chi connectivity index (χ1v) is 10.6. The molecular formula is C24H23BrN2O5. The second-order valence-electron chi connectivity index (χ2n) is 7.13. The van der Waals surface area contributed by atoms with Crippen LogP contribution in [0.2, 0.25) is 0 Å². The second kappa shape index (κ2) is 10.3. The van der Waals surface area contributed by atoms with E-state index in [1.54, 1.807) is 37.5 Å². The lowest BCUT2D eigenvalue weighted by atomic mass is 10.0. The van der Waals surface area contributed by atoms with E-state index in [9.17, 15) is 14.4 Å². The number of halogens is 1. The van der Waals surface area contributed by atoms with Crippen LogP contribution in [0, 0.1) is 0 Å². The fraction of sp³-hybridized carbons (Fsp3) is 0.208. The Balaban J connectivity index is 1.80. The van der Waals surface area contributed by atoms with E-state index in [-0.39, 0.29) is 12.0 Å². The number of aryl methyl sites for hydroxylation is 1. The van der Waals surface area contributed by atoms with Crippen molar-refractivity contribution in [2.24, 2.45) is 7.05 Å². The van der Waals surface area contributed by atoms with Gasteiger partial charge in [-0.3, -0.25) is 9.59 Å². The molecule has 0 saturated carbocycles. The number of aromatic nitrogens is 1. The number of ether oxygens (including phenoxy) is 2. The minimum atomic E-state index is -0.888. The molecule has 8 heteroatoms. The number of benzene rings is 2. The van der Waals surface area contributed by atoms with Crippen LogP contribution in [0.3, 0.4) is 0 Å². The molecule has 2 aromatic carbocycles. The third-order valence-electron chi connectivity index (χ3n) is 5.04. The normalized spacial score (nSPS) is 11.5. The van der Waals surface area contributed by atoms with Crippen molar-refractivity contribution >= 4 is 27.8 Å². The maximum Gasteiger partial charge on any atom is 0.328 e. The Hall–Kier alpha value is -3.39. The Morgan fingerprint density at radius 3 is 2.47 bits per heavy atom. The molecule has 0 spiro atoms. The highest BCUT2D eigenvalue weighted by atomic mass is 79.9. The van der Waals surface area contributed by atoms with Crippen molar-refractivity contribution < 1.29 is 19.1 Å². The Morgan fingerprint density at radius 1 is 1.09 bits per heavy atom. The van der Waals surface area contributed by atoms with Crippen LogP contribution in [0.5, 0.6) is 5.75 Å². The molecule has 0 unspecified atom stereocenters. The van der Waals surface area contributed by atoms with E-state index < -0.39 is 17.9 Å². The van der Waals surface area contributed by atoms with E-state index in [1.165, 1.54) is 18.8 Å².